The van der Waals surface area contributed by atoms with E-state index in [2.05, 4.69) is 50.2 Å². The highest BCUT2D eigenvalue weighted by atomic mass is 15.1. The van der Waals surface area contributed by atoms with Crippen LogP contribution >= 0.6 is 0 Å². The third-order valence-electron chi connectivity index (χ3n) is 3.90. The Labute approximate surface area is 112 Å². The van der Waals surface area contributed by atoms with Crippen LogP contribution in [0.4, 0.5) is 0 Å². The van der Waals surface area contributed by atoms with Gasteiger partial charge in [-0.25, -0.2) is 0 Å². The summed E-state index contributed by atoms with van der Waals surface area (Å²) in [7, 11) is 4.23. The van der Waals surface area contributed by atoms with Gasteiger partial charge in [0.25, 0.3) is 0 Å². The maximum absolute atomic E-state index is 3.19. The summed E-state index contributed by atoms with van der Waals surface area (Å²) < 4.78 is 0. The molecule has 2 heteroatoms. The van der Waals surface area contributed by atoms with Gasteiger partial charge in [-0.1, -0.05) is 12.1 Å². The number of likely N-dealkylation sites (N-methyl/N-ethyl adjacent to an activating group) is 1. The van der Waals surface area contributed by atoms with Gasteiger partial charge in [0.2, 0.25) is 0 Å². The van der Waals surface area contributed by atoms with Crippen LogP contribution in [0.2, 0.25) is 0 Å². The van der Waals surface area contributed by atoms with Crippen LogP contribution in [0.3, 0.4) is 0 Å². The molecule has 0 saturated heterocycles. The summed E-state index contributed by atoms with van der Waals surface area (Å²) in [4.78, 5) is 2.42. The Hall–Kier alpha value is -0.860. The average Bonchev–Trinajstić information content (AvgIpc) is 2.35. The molecule has 1 aromatic carbocycles. The highest BCUT2D eigenvalue weighted by Gasteiger charge is 2.05. The Morgan fingerprint density at radius 3 is 2.44 bits per heavy atom. The van der Waals surface area contributed by atoms with E-state index < -0.39 is 0 Å². The zero-order valence-electron chi connectivity index (χ0n) is 12.6. The smallest absolute Gasteiger partial charge is 0.00189 e. The zero-order valence-corrected chi connectivity index (χ0v) is 12.6. The van der Waals surface area contributed by atoms with Gasteiger partial charge in [-0.05, 0) is 83.1 Å². The van der Waals surface area contributed by atoms with Gasteiger partial charge in [-0.2, -0.15) is 0 Å². The highest BCUT2D eigenvalue weighted by Crippen LogP contribution is 2.17. The average molecular weight is 248 g/mol. The maximum Gasteiger partial charge on any atom is 0.00189 e. The second-order valence-electron chi connectivity index (χ2n) is 5.30. The van der Waals surface area contributed by atoms with Gasteiger partial charge >= 0.3 is 0 Å². The monoisotopic (exact) mass is 248 g/mol. The van der Waals surface area contributed by atoms with Crippen molar-refractivity contribution in [2.75, 3.05) is 33.7 Å². The number of aryl methyl sites for hydroxylation is 1. The first kappa shape index (κ1) is 15.2. The van der Waals surface area contributed by atoms with Crippen LogP contribution in [0.15, 0.2) is 12.1 Å². The molecule has 18 heavy (non-hydrogen) atoms. The molecular weight excluding hydrogens is 220 g/mol. The number of nitrogens with one attached hydrogen (secondary N) is 1. The summed E-state index contributed by atoms with van der Waals surface area (Å²) in [6, 6.07) is 4.54. The first-order chi connectivity index (χ1) is 8.56. The Morgan fingerprint density at radius 2 is 1.78 bits per heavy atom. The fraction of sp³-hybridized carbons (Fsp3) is 0.625. The van der Waals surface area contributed by atoms with Crippen LogP contribution in [0.1, 0.15) is 28.7 Å². The minimum atomic E-state index is 1.10. The van der Waals surface area contributed by atoms with E-state index in [-0.39, 0.29) is 0 Å². The molecule has 0 spiro atoms. The van der Waals surface area contributed by atoms with Crippen molar-refractivity contribution in [3.63, 3.8) is 0 Å². The van der Waals surface area contributed by atoms with E-state index in [4.69, 9.17) is 0 Å². The molecule has 0 fully saturated rings. The normalized spacial score (nSPS) is 11.2. The van der Waals surface area contributed by atoms with E-state index in [0.29, 0.717) is 0 Å². The lowest BCUT2D eigenvalue weighted by atomic mass is 9.97. The van der Waals surface area contributed by atoms with Crippen molar-refractivity contribution in [2.45, 2.75) is 33.6 Å². The SMILES string of the molecule is CNCCCN(C)CCc1ccc(C)c(C)c1C. The minimum Gasteiger partial charge on any atom is -0.320 e. The second-order valence-corrected chi connectivity index (χ2v) is 5.30. The number of hydrogen-bond acceptors (Lipinski definition) is 2. The molecule has 0 atom stereocenters. The van der Waals surface area contributed by atoms with Gasteiger partial charge < -0.3 is 10.2 Å². The highest BCUT2D eigenvalue weighted by molar-refractivity contribution is 5.38. The molecule has 0 unspecified atom stereocenters. The molecule has 0 aliphatic rings. The summed E-state index contributed by atoms with van der Waals surface area (Å²) in [6.45, 7) is 10.1. The van der Waals surface area contributed by atoms with Gasteiger partial charge in [0.05, 0.1) is 0 Å². The van der Waals surface area contributed by atoms with E-state index in [1.165, 1.54) is 35.2 Å². The molecule has 1 N–H and O–H groups in total. The van der Waals surface area contributed by atoms with Crippen molar-refractivity contribution >= 4 is 0 Å². The van der Waals surface area contributed by atoms with Crippen LogP contribution < -0.4 is 5.32 Å². The van der Waals surface area contributed by atoms with Crippen LogP contribution in [0.25, 0.3) is 0 Å². The summed E-state index contributed by atoms with van der Waals surface area (Å²) in [6.07, 6.45) is 2.38. The zero-order chi connectivity index (χ0) is 13.5. The fourth-order valence-corrected chi connectivity index (χ4v) is 2.23. The van der Waals surface area contributed by atoms with Crippen LogP contribution in [0.5, 0.6) is 0 Å². The lowest BCUT2D eigenvalue weighted by Crippen LogP contribution is -2.25. The molecule has 102 valence electrons. The number of benzene rings is 1. The number of nitrogens with zero attached hydrogens (tertiary/aromatic N) is 1. The summed E-state index contributed by atoms with van der Waals surface area (Å²) >= 11 is 0. The van der Waals surface area contributed by atoms with E-state index in [9.17, 15) is 0 Å². The Balaban J connectivity index is 2.46. The Bertz CT molecular complexity index is 372. The molecule has 2 nitrogen and oxygen atoms in total. The summed E-state index contributed by atoms with van der Waals surface area (Å²) in [5.74, 6) is 0. The fourth-order valence-electron chi connectivity index (χ4n) is 2.23. The second kappa shape index (κ2) is 7.55. The Morgan fingerprint density at radius 1 is 1.06 bits per heavy atom. The van der Waals surface area contributed by atoms with Crippen molar-refractivity contribution in [3.05, 3.63) is 34.4 Å². The maximum atomic E-state index is 3.19. The van der Waals surface area contributed by atoms with Crippen LogP contribution in [-0.4, -0.2) is 38.6 Å². The standard InChI is InChI=1S/C16H28N2/c1-13-7-8-16(15(3)14(13)2)9-12-18(5)11-6-10-17-4/h7-8,17H,6,9-12H2,1-5H3. The summed E-state index contributed by atoms with van der Waals surface area (Å²) in [5, 5.41) is 3.19. The minimum absolute atomic E-state index is 1.10. The molecule has 0 radical (unpaired) electrons. The van der Waals surface area contributed by atoms with Crippen molar-refractivity contribution in [1.29, 1.82) is 0 Å². The van der Waals surface area contributed by atoms with Gasteiger partial charge in [0.1, 0.15) is 0 Å². The molecule has 1 rings (SSSR count). The van der Waals surface area contributed by atoms with Crippen LogP contribution in [0, 0.1) is 20.8 Å². The van der Waals surface area contributed by atoms with E-state index >= 15 is 0 Å². The van der Waals surface area contributed by atoms with E-state index in [1.807, 2.05) is 7.05 Å². The molecule has 0 bridgehead atoms. The number of rotatable bonds is 7. The quantitative estimate of drug-likeness (QED) is 0.746. The molecular formula is C16H28N2. The third kappa shape index (κ3) is 4.43. The van der Waals surface area contributed by atoms with Crippen molar-refractivity contribution in [2.24, 2.45) is 0 Å². The summed E-state index contributed by atoms with van der Waals surface area (Å²) in [5.41, 5.74) is 5.82. The predicted molar refractivity (Wildman–Crippen MR) is 80.4 cm³/mol. The third-order valence-corrected chi connectivity index (χ3v) is 3.90. The first-order valence-corrected chi connectivity index (χ1v) is 6.95. The molecule has 0 aliphatic heterocycles. The number of hydrogen-bond donors (Lipinski definition) is 1. The van der Waals surface area contributed by atoms with Gasteiger partial charge in [0, 0.05) is 6.54 Å². The molecule has 0 saturated carbocycles. The largest absolute Gasteiger partial charge is 0.320 e. The van der Waals surface area contributed by atoms with E-state index in [1.54, 1.807) is 0 Å². The molecule has 0 amide bonds. The predicted octanol–water partition coefficient (Wildman–Crippen LogP) is 2.70. The van der Waals surface area contributed by atoms with Gasteiger partial charge in [0.15, 0.2) is 0 Å². The van der Waals surface area contributed by atoms with Gasteiger partial charge in [-0.15, -0.1) is 0 Å². The molecule has 1 aromatic rings. The topological polar surface area (TPSA) is 15.3 Å². The van der Waals surface area contributed by atoms with Crippen LogP contribution in [-0.2, 0) is 6.42 Å². The molecule has 0 aliphatic carbocycles. The van der Waals surface area contributed by atoms with E-state index in [0.717, 1.165) is 19.5 Å². The van der Waals surface area contributed by atoms with Crippen molar-refractivity contribution in [3.8, 4) is 0 Å². The van der Waals surface area contributed by atoms with Crippen molar-refractivity contribution in [1.82, 2.24) is 10.2 Å². The first-order valence-electron chi connectivity index (χ1n) is 6.95. The van der Waals surface area contributed by atoms with Crippen molar-refractivity contribution < 1.29 is 0 Å². The molecule has 0 heterocycles. The lowest BCUT2D eigenvalue weighted by Gasteiger charge is -2.18. The lowest BCUT2D eigenvalue weighted by molar-refractivity contribution is 0.332. The molecule has 0 aromatic heterocycles. The van der Waals surface area contributed by atoms with Gasteiger partial charge in [-0.3, -0.25) is 0 Å². The Kier molecular flexibility index (Phi) is 6.37.